The summed E-state index contributed by atoms with van der Waals surface area (Å²) in [6.45, 7) is 0. The molecule has 78 valence electrons. The van der Waals surface area contributed by atoms with Crippen LogP contribution in [0.4, 0.5) is 0 Å². The van der Waals surface area contributed by atoms with Crippen molar-refractivity contribution >= 4 is 30.5 Å². The first-order valence-electron chi connectivity index (χ1n) is 4.00. The van der Waals surface area contributed by atoms with Crippen molar-refractivity contribution in [1.29, 1.82) is 0 Å². The van der Waals surface area contributed by atoms with Crippen molar-refractivity contribution in [1.82, 2.24) is 4.98 Å². The number of phenolic OH excluding ortho intramolecular Hbond substituents is 1. The fourth-order valence-corrected chi connectivity index (χ4v) is 2.44. The lowest BCUT2D eigenvalue weighted by Crippen LogP contribution is -1.92. The van der Waals surface area contributed by atoms with Crippen molar-refractivity contribution in [2.45, 2.75) is 4.90 Å². The van der Waals surface area contributed by atoms with Crippen molar-refractivity contribution in [3.8, 4) is 5.75 Å². The largest absolute Gasteiger partial charge is 0.507 e. The second-order valence-corrected chi connectivity index (χ2v) is 5.48. The van der Waals surface area contributed by atoms with Gasteiger partial charge in [-0.2, -0.15) is 0 Å². The maximum atomic E-state index is 11.2. The van der Waals surface area contributed by atoms with Gasteiger partial charge in [-0.3, -0.25) is 4.98 Å². The Kier molecular flexibility index (Phi) is 2.28. The Labute approximate surface area is 90.6 Å². The number of nitrogens with zero attached hydrogens (tertiary/aromatic N) is 1. The molecule has 1 heterocycles. The molecule has 2 aromatic rings. The number of pyridine rings is 1. The summed E-state index contributed by atoms with van der Waals surface area (Å²) < 4.78 is 22.4. The minimum Gasteiger partial charge on any atom is -0.507 e. The van der Waals surface area contributed by atoms with Gasteiger partial charge in [0.2, 0.25) is 0 Å². The normalized spacial score (nSPS) is 11.8. The zero-order chi connectivity index (χ0) is 11.1. The van der Waals surface area contributed by atoms with Crippen LogP contribution in [0.5, 0.6) is 5.75 Å². The summed E-state index contributed by atoms with van der Waals surface area (Å²) in [7, 11) is 1.45. The van der Waals surface area contributed by atoms with Gasteiger partial charge in [-0.05, 0) is 18.2 Å². The number of fused-ring (bicyclic) bond motifs is 1. The summed E-state index contributed by atoms with van der Waals surface area (Å²) in [5.74, 6) is -0.0258. The van der Waals surface area contributed by atoms with Crippen LogP contribution in [0.15, 0.2) is 35.5 Å². The minimum atomic E-state index is -3.81. The SMILES string of the molecule is O=S(=O)(Cl)c1ccc(O)c2cnccc12. The van der Waals surface area contributed by atoms with Gasteiger partial charge >= 0.3 is 0 Å². The molecule has 4 nitrogen and oxygen atoms in total. The predicted octanol–water partition coefficient (Wildman–Crippen LogP) is 1.87. The van der Waals surface area contributed by atoms with Crippen LogP contribution in [-0.4, -0.2) is 18.5 Å². The van der Waals surface area contributed by atoms with Gasteiger partial charge in [0.05, 0.1) is 4.90 Å². The fourth-order valence-electron chi connectivity index (χ4n) is 1.36. The first kappa shape index (κ1) is 10.2. The minimum absolute atomic E-state index is 0.0258. The third-order valence-electron chi connectivity index (χ3n) is 2.02. The lowest BCUT2D eigenvalue weighted by atomic mass is 10.1. The number of phenols is 1. The van der Waals surface area contributed by atoms with Crippen LogP contribution in [0.25, 0.3) is 10.8 Å². The number of benzene rings is 1. The molecular formula is C9H6ClNO3S. The van der Waals surface area contributed by atoms with Crippen LogP contribution in [0.1, 0.15) is 0 Å². The van der Waals surface area contributed by atoms with E-state index in [9.17, 15) is 13.5 Å². The Morgan fingerprint density at radius 3 is 2.60 bits per heavy atom. The maximum Gasteiger partial charge on any atom is 0.261 e. The van der Waals surface area contributed by atoms with Crippen LogP contribution in [0, 0.1) is 0 Å². The molecule has 0 aliphatic carbocycles. The van der Waals surface area contributed by atoms with Crippen LogP contribution in [0.3, 0.4) is 0 Å². The molecule has 0 spiro atoms. The Bertz CT molecular complexity index is 624. The van der Waals surface area contributed by atoms with Gasteiger partial charge in [0, 0.05) is 33.8 Å². The third-order valence-corrected chi connectivity index (χ3v) is 3.40. The standard InChI is InChI=1S/C9H6ClNO3S/c10-15(13,14)9-2-1-8(12)7-5-11-4-3-6(7)9/h1-5,12H. The first-order chi connectivity index (χ1) is 7.00. The Morgan fingerprint density at radius 1 is 1.20 bits per heavy atom. The van der Waals surface area contributed by atoms with E-state index < -0.39 is 9.05 Å². The smallest absolute Gasteiger partial charge is 0.261 e. The molecule has 1 aromatic heterocycles. The number of aromatic hydroxyl groups is 1. The first-order valence-corrected chi connectivity index (χ1v) is 6.31. The second-order valence-electron chi connectivity index (χ2n) is 2.94. The molecule has 1 aromatic carbocycles. The van der Waals surface area contributed by atoms with E-state index in [0.717, 1.165) is 0 Å². The van der Waals surface area contributed by atoms with Gasteiger partial charge in [-0.1, -0.05) is 0 Å². The number of hydrogen-bond acceptors (Lipinski definition) is 4. The van der Waals surface area contributed by atoms with E-state index >= 15 is 0 Å². The predicted molar refractivity (Wildman–Crippen MR) is 56.4 cm³/mol. The summed E-state index contributed by atoms with van der Waals surface area (Å²) in [4.78, 5) is 3.77. The van der Waals surface area contributed by atoms with E-state index in [1.54, 1.807) is 0 Å². The monoisotopic (exact) mass is 243 g/mol. The zero-order valence-electron chi connectivity index (χ0n) is 7.38. The van der Waals surface area contributed by atoms with E-state index in [1.807, 2.05) is 0 Å². The summed E-state index contributed by atoms with van der Waals surface area (Å²) in [5, 5.41) is 10.2. The molecule has 0 fully saturated rings. The molecule has 6 heteroatoms. The van der Waals surface area contributed by atoms with Gasteiger partial charge in [0.25, 0.3) is 9.05 Å². The molecule has 0 aliphatic rings. The highest BCUT2D eigenvalue weighted by Crippen LogP contribution is 2.30. The van der Waals surface area contributed by atoms with Gasteiger partial charge in [-0.15, -0.1) is 0 Å². The number of halogens is 1. The average molecular weight is 244 g/mol. The van der Waals surface area contributed by atoms with Gasteiger partial charge in [-0.25, -0.2) is 8.42 Å². The molecule has 0 saturated carbocycles. The molecule has 0 aliphatic heterocycles. The van der Waals surface area contributed by atoms with Crippen LogP contribution in [0.2, 0.25) is 0 Å². The van der Waals surface area contributed by atoms with E-state index in [1.165, 1.54) is 30.6 Å². The Hall–Kier alpha value is -1.33. The lowest BCUT2D eigenvalue weighted by Gasteiger charge is -2.04. The molecule has 0 saturated heterocycles. The van der Waals surface area contributed by atoms with E-state index in [0.29, 0.717) is 10.8 Å². The van der Waals surface area contributed by atoms with E-state index in [-0.39, 0.29) is 10.6 Å². The highest BCUT2D eigenvalue weighted by atomic mass is 35.7. The molecular weight excluding hydrogens is 238 g/mol. The Morgan fingerprint density at radius 2 is 1.93 bits per heavy atom. The highest BCUT2D eigenvalue weighted by molar-refractivity contribution is 8.14. The highest BCUT2D eigenvalue weighted by Gasteiger charge is 2.15. The molecule has 15 heavy (non-hydrogen) atoms. The number of aromatic nitrogens is 1. The van der Waals surface area contributed by atoms with Gasteiger partial charge < -0.3 is 5.11 Å². The Balaban J connectivity index is 2.96. The topological polar surface area (TPSA) is 67.3 Å². The van der Waals surface area contributed by atoms with E-state index in [4.69, 9.17) is 10.7 Å². The molecule has 0 bridgehead atoms. The fraction of sp³-hybridized carbons (Fsp3) is 0. The molecule has 1 N–H and O–H groups in total. The molecule has 0 atom stereocenters. The zero-order valence-corrected chi connectivity index (χ0v) is 8.96. The third kappa shape index (κ3) is 1.75. The van der Waals surface area contributed by atoms with Crippen molar-refractivity contribution in [3.63, 3.8) is 0 Å². The van der Waals surface area contributed by atoms with Crippen LogP contribution < -0.4 is 0 Å². The van der Waals surface area contributed by atoms with Gasteiger partial charge in [0.15, 0.2) is 0 Å². The van der Waals surface area contributed by atoms with Crippen molar-refractivity contribution in [2.75, 3.05) is 0 Å². The van der Waals surface area contributed by atoms with Crippen LogP contribution >= 0.6 is 10.7 Å². The summed E-state index contributed by atoms with van der Waals surface area (Å²) in [5.41, 5.74) is 0. The van der Waals surface area contributed by atoms with Crippen LogP contribution in [-0.2, 0) is 9.05 Å². The van der Waals surface area contributed by atoms with Crippen molar-refractivity contribution in [3.05, 3.63) is 30.6 Å². The lowest BCUT2D eigenvalue weighted by molar-refractivity contribution is 0.481. The van der Waals surface area contributed by atoms with E-state index in [2.05, 4.69) is 4.98 Å². The van der Waals surface area contributed by atoms with Crippen molar-refractivity contribution < 1.29 is 13.5 Å². The molecule has 0 radical (unpaired) electrons. The second kappa shape index (κ2) is 3.36. The summed E-state index contributed by atoms with van der Waals surface area (Å²) in [6.07, 6.45) is 2.82. The maximum absolute atomic E-state index is 11.2. The molecule has 0 amide bonds. The van der Waals surface area contributed by atoms with Gasteiger partial charge in [0.1, 0.15) is 5.75 Å². The van der Waals surface area contributed by atoms with Crippen molar-refractivity contribution in [2.24, 2.45) is 0 Å². The summed E-state index contributed by atoms with van der Waals surface area (Å²) in [6, 6.07) is 4.03. The summed E-state index contributed by atoms with van der Waals surface area (Å²) >= 11 is 0. The quantitative estimate of drug-likeness (QED) is 0.777. The number of hydrogen-bond donors (Lipinski definition) is 1. The molecule has 0 unspecified atom stereocenters. The average Bonchev–Trinajstić information content (AvgIpc) is 2.17. The molecule has 2 rings (SSSR count). The number of rotatable bonds is 1.